The molecule has 0 bridgehead atoms. The number of aliphatic hydroxyl groups excluding tert-OH is 3. The predicted molar refractivity (Wildman–Crippen MR) is 201 cm³/mol. The SMILES string of the molecule is CC(=O)N[C@@H](CS)C(=O)N1CCC[C@H]1C(=O)N1CCC[C@H]1C(=O)N[C@H](C(=O)N1CCC[C@H]1C(=O)N[C@@H](CO)C(=O)N1CCC[C@H]1C(=O)N[C@@H](CO)C(N)=O)[C@H](C)O. The minimum atomic E-state index is -1.52. The number of carbonyl (C=O) groups excluding carboxylic acids is 9. The van der Waals surface area contributed by atoms with Gasteiger partial charge in [-0.3, -0.25) is 43.2 Å². The fourth-order valence-electron chi connectivity index (χ4n) is 7.96. The number of nitrogens with zero attached hydrogens (tertiary/aromatic N) is 4. The van der Waals surface area contributed by atoms with Gasteiger partial charge in [0.25, 0.3) is 0 Å². The summed E-state index contributed by atoms with van der Waals surface area (Å²) in [6, 6.07) is -9.45. The number of primary amides is 1. The molecular formula is C35H55N9O12S. The van der Waals surface area contributed by atoms with E-state index in [4.69, 9.17) is 5.73 Å². The lowest BCUT2D eigenvalue weighted by Gasteiger charge is -2.34. The molecule has 0 unspecified atom stereocenters. The molecule has 0 spiro atoms. The van der Waals surface area contributed by atoms with Crippen LogP contribution in [-0.2, 0) is 43.2 Å². The Hall–Kier alpha value is -4.54. The summed E-state index contributed by atoms with van der Waals surface area (Å²) >= 11 is 4.18. The van der Waals surface area contributed by atoms with Gasteiger partial charge in [-0.15, -0.1) is 0 Å². The van der Waals surface area contributed by atoms with Gasteiger partial charge in [-0.25, -0.2) is 0 Å². The molecule has 0 aliphatic carbocycles. The van der Waals surface area contributed by atoms with Gasteiger partial charge in [0, 0.05) is 38.9 Å². The number of hydrogen-bond acceptors (Lipinski definition) is 13. The maximum Gasteiger partial charge on any atom is 0.248 e. The highest BCUT2D eigenvalue weighted by molar-refractivity contribution is 7.80. The van der Waals surface area contributed by atoms with Crippen LogP contribution < -0.4 is 27.0 Å². The van der Waals surface area contributed by atoms with E-state index in [2.05, 4.69) is 33.9 Å². The molecule has 22 heteroatoms. The Morgan fingerprint density at radius 3 is 1.47 bits per heavy atom. The summed E-state index contributed by atoms with van der Waals surface area (Å²) in [6.45, 7) is 1.61. The van der Waals surface area contributed by atoms with E-state index in [-0.39, 0.29) is 51.2 Å². The molecule has 4 aliphatic heterocycles. The third-order valence-electron chi connectivity index (χ3n) is 10.9. The monoisotopic (exact) mass is 825 g/mol. The molecule has 4 aliphatic rings. The largest absolute Gasteiger partial charge is 0.394 e. The van der Waals surface area contributed by atoms with Crippen molar-refractivity contribution in [3.63, 3.8) is 0 Å². The summed E-state index contributed by atoms with van der Waals surface area (Å²) in [5.74, 6) is -6.12. The number of nitrogens with one attached hydrogen (secondary N) is 4. The van der Waals surface area contributed by atoms with E-state index in [1.165, 1.54) is 28.5 Å². The molecule has 0 saturated carbocycles. The molecule has 4 heterocycles. The fourth-order valence-corrected chi connectivity index (χ4v) is 8.21. The Balaban J connectivity index is 1.41. The van der Waals surface area contributed by atoms with Crippen molar-refractivity contribution >= 4 is 65.8 Å². The van der Waals surface area contributed by atoms with Gasteiger partial charge in [-0.05, 0) is 58.3 Å². The highest BCUT2D eigenvalue weighted by Gasteiger charge is 2.46. The van der Waals surface area contributed by atoms with E-state index < -0.39 is 121 Å². The van der Waals surface area contributed by atoms with Crippen LogP contribution >= 0.6 is 12.6 Å². The van der Waals surface area contributed by atoms with Crippen molar-refractivity contribution in [1.29, 1.82) is 0 Å². The zero-order valence-electron chi connectivity index (χ0n) is 32.1. The van der Waals surface area contributed by atoms with Gasteiger partial charge in [0.1, 0.15) is 48.3 Å². The van der Waals surface area contributed by atoms with Gasteiger partial charge in [-0.1, -0.05) is 0 Å². The predicted octanol–water partition coefficient (Wildman–Crippen LogP) is -5.31. The van der Waals surface area contributed by atoms with Crippen LogP contribution in [0.15, 0.2) is 0 Å². The van der Waals surface area contributed by atoms with Gasteiger partial charge < -0.3 is 61.9 Å². The number of thiol groups is 1. The van der Waals surface area contributed by atoms with E-state index in [0.29, 0.717) is 32.1 Å². The first-order valence-electron chi connectivity index (χ1n) is 19.3. The first kappa shape index (κ1) is 45.2. The highest BCUT2D eigenvalue weighted by atomic mass is 32.1. The van der Waals surface area contributed by atoms with Crippen molar-refractivity contribution in [2.45, 2.75) is 120 Å². The van der Waals surface area contributed by atoms with Crippen molar-refractivity contribution in [1.82, 2.24) is 40.9 Å². The van der Waals surface area contributed by atoms with Crippen LogP contribution in [0.1, 0.15) is 65.2 Å². The molecule has 4 saturated heterocycles. The number of aliphatic hydroxyl groups is 3. The third-order valence-corrected chi connectivity index (χ3v) is 11.2. The summed E-state index contributed by atoms with van der Waals surface area (Å²) in [5.41, 5.74) is 5.19. The molecule has 9 atom stereocenters. The average Bonchev–Trinajstić information content (AvgIpc) is 4.02. The highest BCUT2D eigenvalue weighted by Crippen LogP contribution is 2.27. The Bertz CT molecular complexity index is 1570. The molecular weight excluding hydrogens is 771 g/mol. The minimum absolute atomic E-state index is 0.0198. The second kappa shape index (κ2) is 20.2. The molecule has 9 amide bonds. The van der Waals surface area contributed by atoms with Gasteiger partial charge in [-0.2, -0.15) is 12.6 Å². The number of amides is 9. The number of rotatable bonds is 16. The Morgan fingerprint density at radius 1 is 0.614 bits per heavy atom. The lowest BCUT2D eigenvalue weighted by Crippen LogP contribution is -2.61. The molecule has 57 heavy (non-hydrogen) atoms. The smallest absolute Gasteiger partial charge is 0.248 e. The summed E-state index contributed by atoms with van der Waals surface area (Å²) in [6.07, 6.45) is 1.28. The molecule has 318 valence electrons. The average molecular weight is 826 g/mol. The lowest BCUT2D eigenvalue weighted by atomic mass is 10.1. The zero-order chi connectivity index (χ0) is 42.1. The first-order chi connectivity index (χ1) is 27.1. The lowest BCUT2D eigenvalue weighted by molar-refractivity contribution is -0.149. The number of nitrogens with two attached hydrogens (primary N) is 1. The van der Waals surface area contributed by atoms with Gasteiger partial charge in [0.05, 0.1) is 19.3 Å². The maximum absolute atomic E-state index is 13.9. The quantitative estimate of drug-likeness (QED) is 0.0660. The summed E-state index contributed by atoms with van der Waals surface area (Å²) in [4.78, 5) is 123. The van der Waals surface area contributed by atoms with Crippen molar-refractivity contribution in [2.24, 2.45) is 5.73 Å². The van der Waals surface area contributed by atoms with Gasteiger partial charge >= 0.3 is 0 Å². The van der Waals surface area contributed by atoms with E-state index >= 15 is 0 Å². The molecule has 9 N–H and O–H groups in total. The van der Waals surface area contributed by atoms with Crippen LogP contribution in [0.25, 0.3) is 0 Å². The summed E-state index contributed by atoms with van der Waals surface area (Å²) < 4.78 is 0. The van der Waals surface area contributed by atoms with Crippen molar-refractivity contribution in [3.05, 3.63) is 0 Å². The second-order valence-corrected chi connectivity index (χ2v) is 15.2. The Kier molecular flexibility index (Phi) is 16.0. The van der Waals surface area contributed by atoms with E-state index in [0.717, 1.165) is 4.90 Å². The maximum atomic E-state index is 13.9. The third kappa shape index (κ3) is 10.5. The molecule has 0 aromatic rings. The number of hydrogen-bond donors (Lipinski definition) is 9. The minimum Gasteiger partial charge on any atom is -0.394 e. The molecule has 4 rings (SSSR count). The zero-order valence-corrected chi connectivity index (χ0v) is 33.0. The summed E-state index contributed by atoms with van der Waals surface area (Å²) in [5, 5.41) is 40.1. The van der Waals surface area contributed by atoms with Crippen LogP contribution in [-0.4, -0.2) is 188 Å². The van der Waals surface area contributed by atoms with E-state index in [9.17, 15) is 58.5 Å². The van der Waals surface area contributed by atoms with Crippen LogP contribution in [0.2, 0.25) is 0 Å². The molecule has 0 aromatic carbocycles. The second-order valence-electron chi connectivity index (χ2n) is 14.8. The van der Waals surface area contributed by atoms with Gasteiger partial charge in [0.2, 0.25) is 53.2 Å². The Morgan fingerprint density at radius 2 is 1.02 bits per heavy atom. The molecule has 21 nitrogen and oxygen atoms in total. The van der Waals surface area contributed by atoms with Crippen LogP contribution in [0.5, 0.6) is 0 Å². The van der Waals surface area contributed by atoms with Crippen molar-refractivity contribution in [2.75, 3.05) is 45.1 Å². The summed E-state index contributed by atoms with van der Waals surface area (Å²) in [7, 11) is 0. The molecule has 0 radical (unpaired) electrons. The van der Waals surface area contributed by atoms with Crippen molar-refractivity contribution < 1.29 is 58.5 Å². The van der Waals surface area contributed by atoms with Crippen LogP contribution in [0.4, 0.5) is 0 Å². The van der Waals surface area contributed by atoms with Crippen LogP contribution in [0.3, 0.4) is 0 Å². The topological polar surface area (TPSA) is 301 Å². The van der Waals surface area contributed by atoms with Crippen LogP contribution in [0, 0.1) is 0 Å². The number of likely N-dealkylation sites (tertiary alicyclic amines) is 4. The number of carbonyl (C=O) groups is 9. The van der Waals surface area contributed by atoms with Crippen molar-refractivity contribution in [3.8, 4) is 0 Å². The standard InChI is InChI=1S/C35H55N9O12S/c1-18(47)27(40-31(52)25-9-4-12-42(25)34(55)26-10-6-14-44(26)33(54)22(17-57)37-19(2)48)35(56)43-13-5-8-24(43)30(51)39-21(16-46)32(53)41-11-3-7-23(41)29(50)38-20(15-45)28(36)49/h18,20-27,45-47,57H,3-17H2,1-2H3,(H2,36,49)(H,37,48)(H,38,50)(H,39,51)(H,40,52)/t18-,20-,21-,22-,23-,24-,25-,26-,27-/m0/s1. The Labute approximate surface area is 335 Å². The molecule has 4 fully saturated rings. The van der Waals surface area contributed by atoms with Gasteiger partial charge in [0.15, 0.2) is 0 Å². The first-order valence-corrected chi connectivity index (χ1v) is 19.9. The molecule has 0 aromatic heterocycles. The fraction of sp³-hybridized carbons (Fsp3) is 0.743. The van der Waals surface area contributed by atoms with E-state index in [1.54, 1.807) is 0 Å². The van der Waals surface area contributed by atoms with E-state index in [1.807, 2.05) is 0 Å². The normalized spacial score (nSPS) is 24.6.